The van der Waals surface area contributed by atoms with E-state index in [1.807, 2.05) is 65.6 Å². The predicted molar refractivity (Wildman–Crippen MR) is 233 cm³/mol. The molecule has 63 heavy (non-hydrogen) atoms. The van der Waals surface area contributed by atoms with E-state index < -0.39 is 77.3 Å². The molecule has 3 aliphatic heterocycles. The first-order valence-corrected chi connectivity index (χ1v) is 21.3. The zero-order chi connectivity index (χ0) is 44.4. The number of rotatable bonds is 10. The summed E-state index contributed by atoms with van der Waals surface area (Å²) in [6, 6.07) is 25.0. The molecule has 0 unspecified atom stereocenters. The van der Waals surface area contributed by atoms with Crippen molar-refractivity contribution in [3.8, 4) is 17.6 Å². The van der Waals surface area contributed by atoms with Gasteiger partial charge in [0.15, 0.2) is 0 Å². The molecule has 3 heterocycles. The van der Waals surface area contributed by atoms with Crippen molar-refractivity contribution >= 4 is 35.5 Å². The van der Waals surface area contributed by atoms with E-state index in [1.165, 1.54) is 7.11 Å². The van der Waals surface area contributed by atoms with Crippen LogP contribution in [-0.2, 0) is 34.1 Å². The summed E-state index contributed by atoms with van der Waals surface area (Å²) in [6.45, 7) is 3.16. The van der Waals surface area contributed by atoms with Gasteiger partial charge in [0.25, 0.3) is 0 Å². The summed E-state index contributed by atoms with van der Waals surface area (Å²) in [5.74, 6) is 1.55. The molecule has 13 heteroatoms. The summed E-state index contributed by atoms with van der Waals surface area (Å²) >= 11 is 0. The number of ether oxygens (including phenoxy) is 3. The summed E-state index contributed by atoms with van der Waals surface area (Å²) in [4.78, 5) is 76.3. The number of morpholine rings is 1. The number of primary amides is 1. The molecule has 324 valence electrons. The van der Waals surface area contributed by atoms with Crippen molar-refractivity contribution in [1.82, 2.24) is 10.2 Å². The molecule has 2 saturated heterocycles. The van der Waals surface area contributed by atoms with Crippen LogP contribution in [0.15, 0.2) is 115 Å². The first-order valence-electron chi connectivity index (χ1n) is 21.3. The number of hydrogen-bond acceptors (Lipinski definition) is 10. The van der Waals surface area contributed by atoms with Gasteiger partial charge in [-0.3, -0.25) is 19.3 Å². The number of hydrogen-bond donors (Lipinski definition) is 3. The zero-order valence-electron chi connectivity index (χ0n) is 35.4. The molecule has 4 aromatic rings. The number of benzene rings is 4. The molecule has 4 N–H and O–H groups in total. The number of carbonyl (C=O) groups is 5. The Bertz CT molecular complexity index is 2510. The van der Waals surface area contributed by atoms with Crippen molar-refractivity contribution in [3.05, 3.63) is 143 Å². The van der Waals surface area contributed by atoms with E-state index in [1.54, 1.807) is 56.3 Å². The number of carbonyl (C=O) groups excluding carboxylic acids is 5. The average molecular weight is 851 g/mol. The number of esters is 2. The van der Waals surface area contributed by atoms with Crippen molar-refractivity contribution in [3.63, 3.8) is 0 Å². The van der Waals surface area contributed by atoms with Crippen molar-refractivity contribution in [1.29, 1.82) is 0 Å². The monoisotopic (exact) mass is 850 g/mol. The Morgan fingerprint density at radius 2 is 1.62 bits per heavy atom. The number of nitrogens with zero attached hydrogens (tertiary/aromatic N) is 2. The van der Waals surface area contributed by atoms with Gasteiger partial charge in [-0.05, 0) is 89.8 Å². The summed E-state index contributed by atoms with van der Waals surface area (Å²) in [5.41, 5.74) is 8.13. The smallest absolute Gasteiger partial charge is 0.329 e. The molecule has 0 bridgehead atoms. The first kappa shape index (κ1) is 42.9. The number of amides is 4. The number of nitrogens with one attached hydrogen (secondary N) is 1. The number of imide groups is 1. The quantitative estimate of drug-likeness (QED) is 0.127. The molecule has 4 amide bonds. The Hall–Kier alpha value is -6.75. The second-order valence-corrected chi connectivity index (χ2v) is 16.6. The number of methoxy groups -OCH3 is 1. The summed E-state index contributed by atoms with van der Waals surface area (Å²) < 4.78 is 17.4. The summed E-state index contributed by atoms with van der Waals surface area (Å²) in [5, 5.41) is 12.4. The van der Waals surface area contributed by atoms with Gasteiger partial charge < -0.3 is 30.4 Å². The van der Waals surface area contributed by atoms with E-state index in [2.05, 4.69) is 23.2 Å². The lowest BCUT2D eigenvalue weighted by Gasteiger charge is -2.46. The van der Waals surface area contributed by atoms with Crippen LogP contribution in [0.5, 0.6) is 5.75 Å². The van der Waals surface area contributed by atoms with Crippen LogP contribution in [0.4, 0.5) is 10.5 Å². The Balaban J connectivity index is 1.43. The fraction of sp³-hybridized carbons (Fsp3) is 0.340. The molecule has 13 nitrogen and oxygen atoms in total. The number of fused-ring (bicyclic) bond motifs is 3. The Labute approximate surface area is 366 Å². The molecule has 7 atom stereocenters. The van der Waals surface area contributed by atoms with E-state index in [-0.39, 0.29) is 24.5 Å². The standard InChI is InChI=1S/C50H50N4O9/c1-30(2)40(46(57)61-3)52-49(60)53-38-25-24-32(23-22-31-14-7-4-8-15-31)28-37(38)50(48(53)59)39(45(51)56)42-47(58)63-43(34-18-11-6-12-19-34)41(33-16-9-5-10-17-33)54(42)44(50)35-20-13-21-36(29-35)62-27-26-55/h5-6,9-14,16-21,24-25,28-30,39-44,55H,4,7-8,15,26-27H2,1-3H3,(H2,51,56)(H,52,60)/t39-,40-,41-,42-,43+,44+,50-/m0/s1. The van der Waals surface area contributed by atoms with Crippen molar-refractivity contribution in [2.45, 2.75) is 75.2 Å². The van der Waals surface area contributed by atoms with E-state index in [0.717, 1.165) is 41.7 Å². The lowest BCUT2D eigenvalue weighted by Crippen LogP contribution is -2.57. The van der Waals surface area contributed by atoms with Crippen molar-refractivity contribution in [2.24, 2.45) is 17.6 Å². The van der Waals surface area contributed by atoms with Crippen LogP contribution in [0.3, 0.4) is 0 Å². The van der Waals surface area contributed by atoms with Gasteiger partial charge in [-0.1, -0.05) is 105 Å². The maximum Gasteiger partial charge on any atom is 0.329 e. The van der Waals surface area contributed by atoms with Gasteiger partial charge in [0.1, 0.15) is 36.0 Å². The third kappa shape index (κ3) is 7.63. The SMILES string of the molecule is COC(=O)[C@@H](NC(=O)N1C(=O)[C@@]2(c3cc(C#CC4=CCCCC4)ccc31)[C@H](C(N)=O)[C@H]1C(=O)O[C@H](c3ccccc3)[C@H](c3ccccc3)N1[C@@H]2c1cccc(OCCO)c1)C(C)C. The molecule has 0 aromatic heterocycles. The maximum atomic E-state index is 16.2. The van der Waals surface area contributed by atoms with Crippen LogP contribution < -0.4 is 20.7 Å². The van der Waals surface area contributed by atoms with Gasteiger partial charge in [-0.25, -0.2) is 14.5 Å². The number of anilines is 1. The number of aliphatic hydroxyl groups is 1. The first-order chi connectivity index (χ1) is 30.5. The summed E-state index contributed by atoms with van der Waals surface area (Å²) in [6.07, 6.45) is 5.03. The minimum absolute atomic E-state index is 0.0318. The highest BCUT2D eigenvalue weighted by Crippen LogP contribution is 2.66. The highest BCUT2D eigenvalue weighted by atomic mass is 16.6. The fourth-order valence-electron chi connectivity index (χ4n) is 9.88. The molecule has 4 aliphatic rings. The number of cyclic esters (lactones) is 1. The Kier molecular flexibility index (Phi) is 12.2. The maximum absolute atomic E-state index is 16.2. The van der Waals surface area contributed by atoms with Gasteiger partial charge in [0.05, 0.1) is 37.4 Å². The minimum Gasteiger partial charge on any atom is -0.491 e. The average Bonchev–Trinajstić information content (AvgIpc) is 3.76. The van der Waals surface area contributed by atoms with Gasteiger partial charge in [-0.2, -0.15) is 0 Å². The van der Waals surface area contributed by atoms with Gasteiger partial charge >= 0.3 is 18.0 Å². The van der Waals surface area contributed by atoms with Gasteiger partial charge in [0.2, 0.25) is 11.8 Å². The topological polar surface area (TPSA) is 178 Å². The van der Waals surface area contributed by atoms with Crippen LogP contribution >= 0.6 is 0 Å². The van der Waals surface area contributed by atoms with Crippen molar-refractivity contribution < 1.29 is 43.3 Å². The van der Waals surface area contributed by atoms with Crippen LogP contribution in [0.1, 0.15) is 85.5 Å². The van der Waals surface area contributed by atoms with E-state index in [4.69, 9.17) is 19.9 Å². The molecule has 1 spiro atoms. The van der Waals surface area contributed by atoms with Crippen LogP contribution in [0.25, 0.3) is 0 Å². The number of urea groups is 1. The molecular formula is C50H50N4O9. The van der Waals surface area contributed by atoms with Crippen LogP contribution in [-0.4, -0.2) is 72.2 Å². The number of aliphatic hydroxyl groups excluding tert-OH is 1. The second kappa shape index (κ2) is 17.9. The highest BCUT2D eigenvalue weighted by Gasteiger charge is 2.75. The molecule has 4 aromatic carbocycles. The third-order valence-corrected chi connectivity index (χ3v) is 12.6. The van der Waals surface area contributed by atoms with Crippen LogP contribution in [0, 0.1) is 23.7 Å². The molecule has 0 saturated carbocycles. The van der Waals surface area contributed by atoms with Crippen molar-refractivity contribution in [2.75, 3.05) is 25.2 Å². The zero-order valence-corrected chi connectivity index (χ0v) is 35.4. The number of allylic oxidation sites excluding steroid dienone is 2. The normalized spacial score (nSPS) is 24.4. The Morgan fingerprint density at radius 1 is 0.905 bits per heavy atom. The largest absolute Gasteiger partial charge is 0.491 e. The molecule has 2 fully saturated rings. The molecule has 1 aliphatic carbocycles. The van der Waals surface area contributed by atoms with Gasteiger partial charge in [-0.15, -0.1) is 0 Å². The second-order valence-electron chi connectivity index (χ2n) is 16.6. The third-order valence-electron chi connectivity index (χ3n) is 12.6. The Morgan fingerprint density at radius 3 is 2.27 bits per heavy atom. The fourth-order valence-corrected chi connectivity index (χ4v) is 9.88. The molecule has 8 rings (SSSR count). The highest BCUT2D eigenvalue weighted by molar-refractivity contribution is 6.25. The van der Waals surface area contributed by atoms with E-state index >= 15 is 4.79 Å². The molecular weight excluding hydrogens is 801 g/mol. The lowest BCUT2D eigenvalue weighted by molar-refractivity contribution is -0.178. The lowest BCUT2D eigenvalue weighted by atomic mass is 9.65. The van der Waals surface area contributed by atoms with Gasteiger partial charge in [0, 0.05) is 5.56 Å². The summed E-state index contributed by atoms with van der Waals surface area (Å²) in [7, 11) is 1.21. The predicted octanol–water partition coefficient (Wildman–Crippen LogP) is 5.97. The molecule has 0 radical (unpaired) electrons. The minimum atomic E-state index is -2.09. The van der Waals surface area contributed by atoms with Crippen LogP contribution in [0.2, 0.25) is 0 Å². The van der Waals surface area contributed by atoms with E-state index in [9.17, 15) is 24.3 Å². The number of nitrogens with two attached hydrogens (primary N) is 1. The van der Waals surface area contributed by atoms with E-state index in [0.29, 0.717) is 22.4 Å².